The van der Waals surface area contributed by atoms with Gasteiger partial charge in [0.1, 0.15) is 5.92 Å². The molecule has 1 saturated heterocycles. The summed E-state index contributed by atoms with van der Waals surface area (Å²) in [6, 6.07) is 0. The monoisotopic (exact) mass is 188 g/mol. The maximum atomic E-state index is 10.9. The van der Waals surface area contributed by atoms with E-state index in [2.05, 4.69) is 9.47 Å². The first-order chi connectivity index (χ1) is 6.06. The van der Waals surface area contributed by atoms with Crippen molar-refractivity contribution < 1.29 is 29.0 Å². The molecule has 0 aromatic heterocycles. The Bertz CT molecular complexity index is 258. The Labute approximate surface area is 73.4 Å². The Balaban J connectivity index is 2.77. The summed E-state index contributed by atoms with van der Waals surface area (Å²) >= 11 is 0. The van der Waals surface area contributed by atoms with Gasteiger partial charge in [-0.1, -0.05) is 0 Å². The van der Waals surface area contributed by atoms with E-state index in [0.29, 0.717) is 0 Å². The predicted octanol–water partition coefficient (Wildman–Crippen LogP) is -0.824. The number of methoxy groups -OCH3 is 1. The summed E-state index contributed by atoms with van der Waals surface area (Å²) < 4.78 is 8.78. The Kier molecular flexibility index (Phi) is 2.50. The second-order valence-corrected chi connectivity index (χ2v) is 2.58. The van der Waals surface area contributed by atoms with Crippen molar-refractivity contribution in [1.82, 2.24) is 0 Å². The number of ether oxygens (including phenoxy) is 2. The van der Waals surface area contributed by atoms with Gasteiger partial charge in [0.25, 0.3) is 0 Å². The summed E-state index contributed by atoms with van der Waals surface area (Å²) in [7, 11) is 1.10. The number of carbonyl (C=O) groups is 3. The van der Waals surface area contributed by atoms with Crippen LogP contribution in [0.15, 0.2) is 0 Å². The van der Waals surface area contributed by atoms with Gasteiger partial charge in [-0.05, 0) is 0 Å². The maximum absolute atomic E-state index is 10.9. The molecule has 1 heterocycles. The molecule has 2 atom stereocenters. The van der Waals surface area contributed by atoms with Crippen molar-refractivity contribution in [2.75, 3.05) is 7.11 Å². The van der Waals surface area contributed by atoms with Gasteiger partial charge in [-0.25, -0.2) is 4.79 Å². The number of carbonyl (C=O) groups excluding carboxylic acids is 2. The van der Waals surface area contributed by atoms with E-state index in [1.807, 2.05) is 0 Å². The summed E-state index contributed by atoms with van der Waals surface area (Å²) in [5.74, 6) is -3.89. The molecule has 1 unspecified atom stereocenters. The van der Waals surface area contributed by atoms with Crippen LogP contribution in [0.5, 0.6) is 0 Å². The van der Waals surface area contributed by atoms with E-state index in [9.17, 15) is 14.4 Å². The summed E-state index contributed by atoms with van der Waals surface area (Å²) in [6.07, 6.45) is -1.58. The van der Waals surface area contributed by atoms with Crippen molar-refractivity contribution in [2.24, 2.45) is 5.92 Å². The van der Waals surface area contributed by atoms with E-state index >= 15 is 0 Å². The van der Waals surface area contributed by atoms with Crippen molar-refractivity contribution in [3.05, 3.63) is 0 Å². The fourth-order valence-corrected chi connectivity index (χ4v) is 1.10. The molecule has 1 aliphatic heterocycles. The van der Waals surface area contributed by atoms with E-state index < -0.39 is 29.9 Å². The maximum Gasteiger partial charge on any atom is 0.348 e. The number of aliphatic carboxylic acids is 1. The minimum absolute atomic E-state index is 0.283. The van der Waals surface area contributed by atoms with Crippen LogP contribution in [0, 0.1) is 5.92 Å². The van der Waals surface area contributed by atoms with Gasteiger partial charge < -0.3 is 14.6 Å². The molecular formula is C7H8O6. The van der Waals surface area contributed by atoms with Gasteiger partial charge in [0.15, 0.2) is 0 Å². The van der Waals surface area contributed by atoms with Crippen LogP contribution in [0.2, 0.25) is 0 Å². The smallest absolute Gasteiger partial charge is 0.348 e. The molecule has 0 spiro atoms. The van der Waals surface area contributed by atoms with Gasteiger partial charge >= 0.3 is 17.9 Å². The average Bonchev–Trinajstić information content (AvgIpc) is 2.46. The van der Waals surface area contributed by atoms with Gasteiger partial charge in [-0.2, -0.15) is 0 Å². The van der Waals surface area contributed by atoms with Crippen molar-refractivity contribution in [2.45, 2.75) is 12.5 Å². The van der Waals surface area contributed by atoms with E-state index in [1.54, 1.807) is 0 Å². The minimum Gasteiger partial charge on any atom is -0.481 e. The third-order valence-electron chi connectivity index (χ3n) is 1.76. The number of rotatable bonds is 2. The van der Waals surface area contributed by atoms with E-state index in [-0.39, 0.29) is 6.42 Å². The number of hydrogen-bond acceptors (Lipinski definition) is 5. The van der Waals surface area contributed by atoms with Crippen molar-refractivity contribution in [3.8, 4) is 0 Å². The Morgan fingerprint density at radius 2 is 2.23 bits per heavy atom. The van der Waals surface area contributed by atoms with Crippen molar-refractivity contribution >= 4 is 17.9 Å². The predicted molar refractivity (Wildman–Crippen MR) is 37.6 cm³/mol. The van der Waals surface area contributed by atoms with E-state index in [4.69, 9.17) is 5.11 Å². The van der Waals surface area contributed by atoms with Crippen LogP contribution in [-0.4, -0.2) is 36.2 Å². The third-order valence-corrected chi connectivity index (χ3v) is 1.76. The fourth-order valence-electron chi connectivity index (χ4n) is 1.10. The summed E-state index contributed by atoms with van der Waals surface area (Å²) in [5, 5.41) is 8.61. The molecule has 0 amide bonds. The number of esters is 2. The van der Waals surface area contributed by atoms with Gasteiger partial charge in [0.2, 0.25) is 6.10 Å². The molecule has 0 aromatic rings. The van der Waals surface area contributed by atoms with E-state index in [0.717, 1.165) is 7.11 Å². The van der Waals surface area contributed by atoms with Crippen molar-refractivity contribution in [1.29, 1.82) is 0 Å². The van der Waals surface area contributed by atoms with Gasteiger partial charge in [-0.3, -0.25) is 9.59 Å². The first-order valence-electron chi connectivity index (χ1n) is 3.56. The first-order valence-corrected chi connectivity index (χ1v) is 3.56. The molecule has 6 heteroatoms. The molecule has 0 aliphatic carbocycles. The topological polar surface area (TPSA) is 89.9 Å². The van der Waals surface area contributed by atoms with Crippen molar-refractivity contribution in [3.63, 3.8) is 0 Å². The third kappa shape index (κ3) is 1.77. The summed E-state index contributed by atoms with van der Waals surface area (Å²) in [4.78, 5) is 32.1. The van der Waals surface area contributed by atoms with Gasteiger partial charge in [0.05, 0.1) is 13.5 Å². The summed E-state index contributed by atoms with van der Waals surface area (Å²) in [6.45, 7) is 0. The molecular weight excluding hydrogens is 180 g/mol. The molecule has 0 radical (unpaired) electrons. The SMILES string of the molecule is COC(=O)[C@@H]1OC(=O)CC1C(=O)O. The quantitative estimate of drug-likeness (QED) is 0.569. The Morgan fingerprint density at radius 3 is 2.69 bits per heavy atom. The van der Waals surface area contributed by atoms with Crippen LogP contribution < -0.4 is 0 Å². The molecule has 0 aromatic carbocycles. The Morgan fingerprint density at radius 1 is 1.62 bits per heavy atom. The molecule has 13 heavy (non-hydrogen) atoms. The highest BCUT2D eigenvalue weighted by molar-refractivity contribution is 5.91. The molecule has 72 valence electrons. The normalized spacial score (nSPS) is 26.7. The average molecular weight is 188 g/mol. The first kappa shape index (κ1) is 9.50. The lowest BCUT2D eigenvalue weighted by Gasteiger charge is -2.10. The van der Waals surface area contributed by atoms with E-state index in [1.165, 1.54) is 0 Å². The second kappa shape index (κ2) is 3.42. The lowest BCUT2D eigenvalue weighted by atomic mass is 10.0. The van der Waals surface area contributed by atoms with Gasteiger partial charge in [0, 0.05) is 0 Å². The molecule has 0 saturated carbocycles. The number of carboxylic acids is 1. The highest BCUT2D eigenvalue weighted by Crippen LogP contribution is 2.23. The number of carboxylic acid groups (broad SMARTS) is 1. The highest BCUT2D eigenvalue weighted by Gasteiger charge is 2.45. The van der Waals surface area contributed by atoms with Crippen LogP contribution in [0.25, 0.3) is 0 Å². The van der Waals surface area contributed by atoms with Crippen LogP contribution >= 0.6 is 0 Å². The lowest BCUT2D eigenvalue weighted by Crippen LogP contribution is -2.32. The number of hydrogen-bond donors (Lipinski definition) is 1. The molecule has 0 bridgehead atoms. The van der Waals surface area contributed by atoms with Crippen LogP contribution in [0.1, 0.15) is 6.42 Å². The van der Waals surface area contributed by atoms with Crippen LogP contribution in [0.4, 0.5) is 0 Å². The summed E-state index contributed by atoms with van der Waals surface area (Å²) in [5.41, 5.74) is 0. The highest BCUT2D eigenvalue weighted by atomic mass is 16.6. The minimum atomic E-state index is -1.30. The zero-order valence-electron chi connectivity index (χ0n) is 6.85. The molecule has 1 N–H and O–H groups in total. The largest absolute Gasteiger partial charge is 0.481 e. The Hall–Kier alpha value is -1.59. The van der Waals surface area contributed by atoms with Crippen LogP contribution in [0.3, 0.4) is 0 Å². The standard InChI is InChI=1S/C7H8O6/c1-12-7(11)5-3(6(9)10)2-4(8)13-5/h3,5H,2H2,1H3,(H,9,10)/t3?,5-/m1/s1. The van der Waals surface area contributed by atoms with Gasteiger partial charge in [-0.15, -0.1) is 0 Å². The number of cyclic esters (lactones) is 1. The molecule has 1 fully saturated rings. The zero-order valence-corrected chi connectivity index (χ0v) is 6.85. The molecule has 1 aliphatic rings. The second-order valence-electron chi connectivity index (χ2n) is 2.58. The molecule has 6 nitrogen and oxygen atoms in total. The zero-order chi connectivity index (χ0) is 10.0. The fraction of sp³-hybridized carbons (Fsp3) is 0.571. The molecule has 1 rings (SSSR count). The lowest BCUT2D eigenvalue weighted by molar-refractivity contribution is -0.163. The van der Waals surface area contributed by atoms with Crippen LogP contribution in [-0.2, 0) is 23.9 Å².